The molecule has 0 unspecified atom stereocenters. The third-order valence-electron chi connectivity index (χ3n) is 3.77. The van der Waals surface area contributed by atoms with E-state index in [2.05, 4.69) is 14.7 Å². The highest BCUT2D eigenvalue weighted by molar-refractivity contribution is 7.89. The van der Waals surface area contributed by atoms with E-state index in [1.54, 1.807) is 24.5 Å². The maximum absolute atomic E-state index is 12.6. The van der Waals surface area contributed by atoms with Gasteiger partial charge in [0, 0.05) is 36.3 Å². The van der Waals surface area contributed by atoms with Crippen LogP contribution in [0.15, 0.2) is 53.0 Å². The van der Waals surface area contributed by atoms with Gasteiger partial charge in [-0.15, -0.1) is 11.3 Å². The number of pyridine rings is 1. The lowest BCUT2D eigenvalue weighted by atomic mass is 10.2. The molecule has 1 aromatic carbocycles. The van der Waals surface area contributed by atoms with Crippen LogP contribution in [0.25, 0.3) is 11.3 Å². The zero-order valence-electron chi connectivity index (χ0n) is 14.5. The Kier molecular flexibility index (Phi) is 5.65. The molecule has 0 aliphatic carbocycles. The summed E-state index contributed by atoms with van der Waals surface area (Å²) in [6.07, 6.45) is 3.96. The Morgan fingerprint density at radius 3 is 2.69 bits per heavy atom. The van der Waals surface area contributed by atoms with Crippen molar-refractivity contribution in [2.45, 2.75) is 18.2 Å². The SMILES string of the molecule is COc1ccc(C)cc1S(=O)(=O)NCCc1nc(-c2ccncc2)cs1. The average Bonchev–Trinajstić information content (AvgIpc) is 3.11. The molecule has 0 saturated heterocycles. The lowest BCUT2D eigenvalue weighted by molar-refractivity contribution is 0.402. The van der Waals surface area contributed by atoms with Crippen molar-refractivity contribution in [2.24, 2.45) is 0 Å². The summed E-state index contributed by atoms with van der Waals surface area (Å²) in [6, 6.07) is 8.86. The van der Waals surface area contributed by atoms with Crippen molar-refractivity contribution >= 4 is 21.4 Å². The molecule has 26 heavy (non-hydrogen) atoms. The van der Waals surface area contributed by atoms with Crippen molar-refractivity contribution in [1.82, 2.24) is 14.7 Å². The minimum absolute atomic E-state index is 0.150. The maximum atomic E-state index is 12.6. The van der Waals surface area contributed by atoms with Crippen LogP contribution in [0.5, 0.6) is 5.75 Å². The van der Waals surface area contributed by atoms with Gasteiger partial charge in [-0.2, -0.15) is 0 Å². The molecule has 136 valence electrons. The number of aromatic nitrogens is 2. The molecule has 0 saturated carbocycles. The summed E-state index contributed by atoms with van der Waals surface area (Å²) in [6.45, 7) is 2.11. The van der Waals surface area contributed by atoms with Gasteiger partial charge in [-0.25, -0.2) is 18.1 Å². The lowest BCUT2D eigenvalue weighted by Crippen LogP contribution is -2.26. The normalized spacial score (nSPS) is 11.5. The molecule has 0 atom stereocenters. The Morgan fingerprint density at radius 1 is 1.19 bits per heavy atom. The summed E-state index contributed by atoms with van der Waals surface area (Å²) in [5, 5.41) is 2.83. The van der Waals surface area contributed by atoms with Gasteiger partial charge in [0.15, 0.2) is 0 Å². The molecule has 0 spiro atoms. The Bertz CT molecular complexity index is 986. The fraction of sp³-hybridized carbons (Fsp3) is 0.222. The molecule has 0 aliphatic rings. The predicted molar refractivity (Wildman–Crippen MR) is 102 cm³/mol. The van der Waals surface area contributed by atoms with Gasteiger partial charge in [0.2, 0.25) is 10.0 Å². The first kappa shape index (κ1) is 18.5. The fourth-order valence-corrected chi connectivity index (χ4v) is 4.54. The van der Waals surface area contributed by atoms with E-state index in [1.165, 1.54) is 18.4 Å². The molecule has 2 heterocycles. The monoisotopic (exact) mass is 389 g/mol. The number of hydrogen-bond donors (Lipinski definition) is 1. The molecule has 0 bridgehead atoms. The zero-order valence-corrected chi connectivity index (χ0v) is 16.1. The Labute approximate surface area is 157 Å². The minimum atomic E-state index is -3.65. The van der Waals surface area contributed by atoms with Gasteiger partial charge < -0.3 is 4.74 Å². The number of hydrogen-bond acceptors (Lipinski definition) is 6. The topological polar surface area (TPSA) is 81.2 Å². The average molecular weight is 390 g/mol. The summed E-state index contributed by atoms with van der Waals surface area (Å²) in [4.78, 5) is 8.69. The number of rotatable bonds is 7. The Morgan fingerprint density at radius 2 is 1.96 bits per heavy atom. The van der Waals surface area contributed by atoms with E-state index >= 15 is 0 Å². The quantitative estimate of drug-likeness (QED) is 0.672. The second-order valence-corrected chi connectivity index (χ2v) is 8.34. The molecule has 8 heteroatoms. The van der Waals surface area contributed by atoms with Crippen molar-refractivity contribution in [1.29, 1.82) is 0 Å². The number of sulfonamides is 1. The predicted octanol–water partition coefficient (Wildman–Crippen LogP) is 3.04. The summed E-state index contributed by atoms with van der Waals surface area (Å²) >= 11 is 1.51. The van der Waals surface area contributed by atoms with Gasteiger partial charge in [0.1, 0.15) is 10.6 Å². The minimum Gasteiger partial charge on any atom is -0.495 e. The molecule has 2 aromatic heterocycles. The zero-order chi connectivity index (χ0) is 18.6. The van der Waals surface area contributed by atoms with Crippen LogP contribution in [-0.2, 0) is 16.4 Å². The van der Waals surface area contributed by atoms with Crippen LogP contribution in [0, 0.1) is 6.92 Å². The maximum Gasteiger partial charge on any atom is 0.244 e. The van der Waals surface area contributed by atoms with Crippen molar-refractivity contribution in [2.75, 3.05) is 13.7 Å². The number of nitrogens with one attached hydrogen (secondary N) is 1. The van der Waals surface area contributed by atoms with E-state index in [0.717, 1.165) is 21.8 Å². The number of thiazole rings is 1. The number of nitrogens with zero attached hydrogens (tertiary/aromatic N) is 2. The van der Waals surface area contributed by atoms with Crippen LogP contribution in [-0.4, -0.2) is 32.0 Å². The van der Waals surface area contributed by atoms with Crippen LogP contribution in [0.1, 0.15) is 10.6 Å². The summed E-state index contributed by atoms with van der Waals surface area (Å²) in [5.41, 5.74) is 2.72. The van der Waals surface area contributed by atoms with Gasteiger partial charge in [-0.05, 0) is 36.8 Å². The third kappa shape index (κ3) is 4.27. The van der Waals surface area contributed by atoms with E-state index in [0.29, 0.717) is 12.2 Å². The van der Waals surface area contributed by atoms with Crippen LogP contribution >= 0.6 is 11.3 Å². The lowest BCUT2D eigenvalue weighted by Gasteiger charge is -2.11. The van der Waals surface area contributed by atoms with E-state index in [1.807, 2.05) is 30.5 Å². The van der Waals surface area contributed by atoms with Gasteiger partial charge >= 0.3 is 0 Å². The standard InChI is InChI=1S/C18H19N3O3S2/c1-13-3-4-16(24-2)17(11-13)26(22,23)20-10-7-18-21-15(12-25-18)14-5-8-19-9-6-14/h3-6,8-9,11-12,20H,7,10H2,1-2H3. The first-order valence-corrected chi connectivity index (χ1v) is 10.3. The summed E-state index contributed by atoms with van der Waals surface area (Å²) < 4.78 is 32.9. The first-order chi connectivity index (χ1) is 12.5. The summed E-state index contributed by atoms with van der Waals surface area (Å²) in [7, 11) is -2.19. The second-order valence-electron chi connectivity index (χ2n) is 5.66. The van der Waals surface area contributed by atoms with Gasteiger partial charge in [-0.1, -0.05) is 6.07 Å². The van der Waals surface area contributed by atoms with Crippen LogP contribution in [0.3, 0.4) is 0 Å². The van der Waals surface area contributed by atoms with Crippen LogP contribution < -0.4 is 9.46 Å². The molecule has 3 rings (SSSR count). The highest BCUT2D eigenvalue weighted by Gasteiger charge is 2.19. The molecule has 0 radical (unpaired) electrons. The molecular weight excluding hydrogens is 370 g/mol. The number of aryl methyl sites for hydroxylation is 1. The molecule has 0 amide bonds. The Hall–Kier alpha value is -2.29. The third-order valence-corrected chi connectivity index (χ3v) is 6.16. The molecule has 3 aromatic rings. The smallest absolute Gasteiger partial charge is 0.244 e. The number of methoxy groups -OCH3 is 1. The summed E-state index contributed by atoms with van der Waals surface area (Å²) in [5.74, 6) is 0.331. The molecule has 0 fully saturated rings. The highest BCUT2D eigenvalue weighted by atomic mass is 32.2. The van der Waals surface area contributed by atoms with E-state index in [-0.39, 0.29) is 11.4 Å². The molecular formula is C18H19N3O3S2. The van der Waals surface area contributed by atoms with Crippen molar-refractivity contribution in [3.63, 3.8) is 0 Å². The fourth-order valence-electron chi connectivity index (χ4n) is 2.44. The van der Waals surface area contributed by atoms with Crippen LogP contribution in [0.2, 0.25) is 0 Å². The van der Waals surface area contributed by atoms with E-state index < -0.39 is 10.0 Å². The first-order valence-electron chi connectivity index (χ1n) is 7.99. The molecule has 0 aliphatic heterocycles. The second kappa shape index (κ2) is 7.94. The molecule has 6 nitrogen and oxygen atoms in total. The van der Waals surface area contributed by atoms with Crippen molar-refractivity contribution in [3.05, 3.63) is 58.7 Å². The van der Waals surface area contributed by atoms with Gasteiger partial charge in [0.05, 0.1) is 17.8 Å². The van der Waals surface area contributed by atoms with Gasteiger partial charge in [-0.3, -0.25) is 4.98 Å². The van der Waals surface area contributed by atoms with Crippen LogP contribution in [0.4, 0.5) is 0 Å². The number of benzene rings is 1. The van der Waals surface area contributed by atoms with Gasteiger partial charge in [0.25, 0.3) is 0 Å². The van der Waals surface area contributed by atoms with E-state index in [9.17, 15) is 8.42 Å². The van der Waals surface area contributed by atoms with Crippen molar-refractivity contribution < 1.29 is 13.2 Å². The van der Waals surface area contributed by atoms with E-state index in [4.69, 9.17) is 4.74 Å². The molecule has 1 N–H and O–H groups in total. The largest absolute Gasteiger partial charge is 0.495 e. The number of ether oxygens (including phenoxy) is 1. The Balaban J connectivity index is 1.66. The highest BCUT2D eigenvalue weighted by Crippen LogP contribution is 2.25. The van der Waals surface area contributed by atoms with Crippen molar-refractivity contribution in [3.8, 4) is 17.0 Å².